The molecule has 43 heavy (non-hydrogen) atoms. The fraction of sp³-hybridized carbons (Fsp3) is 0.333. The molecule has 1 aliphatic carbocycles. The van der Waals surface area contributed by atoms with Crippen molar-refractivity contribution in [1.29, 1.82) is 0 Å². The molecule has 6 rings (SSSR count). The summed E-state index contributed by atoms with van der Waals surface area (Å²) in [6, 6.07) is 21.7. The second kappa shape index (κ2) is 11.6. The summed E-state index contributed by atoms with van der Waals surface area (Å²) in [4.78, 5) is 56.9. The predicted octanol–water partition coefficient (Wildman–Crippen LogP) is 1.19. The Labute approximate surface area is 249 Å². The van der Waals surface area contributed by atoms with Gasteiger partial charge in [0.1, 0.15) is 12.6 Å². The summed E-state index contributed by atoms with van der Waals surface area (Å²) in [5, 5.41) is 27.4. The van der Waals surface area contributed by atoms with Gasteiger partial charge in [-0.2, -0.15) is 0 Å². The van der Waals surface area contributed by atoms with Crippen LogP contribution in [0.5, 0.6) is 0 Å². The largest absolute Gasteiger partial charge is 0.389 e. The molecule has 0 saturated carbocycles. The number of para-hydroxylation sites is 1. The SMILES string of the molecule is O=C1NCC[C@H]1C[C@H](NC(=O)[C@@H]1CN(c2ccccc2)CCN1C(=O)C1(O)c2ccccc2-c2ccccc21)C(=O)CO. The zero-order valence-electron chi connectivity index (χ0n) is 23.6. The van der Waals surface area contributed by atoms with E-state index in [0.717, 1.165) is 16.8 Å². The predicted molar refractivity (Wildman–Crippen MR) is 159 cm³/mol. The number of Topliss-reactive ketones (excluding diaryl/α,β-unsaturated/α-hetero) is 1. The van der Waals surface area contributed by atoms with Crippen LogP contribution in [0.25, 0.3) is 11.1 Å². The van der Waals surface area contributed by atoms with Crippen molar-refractivity contribution in [2.75, 3.05) is 37.7 Å². The Hall–Kier alpha value is -4.54. The Morgan fingerprint density at radius 3 is 2.16 bits per heavy atom. The number of anilines is 1. The maximum atomic E-state index is 14.5. The number of carbonyl (C=O) groups excluding carboxylic acids is 4. The number of hydrogen-bond acceptors (Lipinski definition) is 7. The van der Waals surface area contributed by atoms with Crippen molar-refractivity contribution in [2.45, 2.75) is 30.5 Å². The van der Waals surface area contributed by atoms with E-state index < -0.39 is 47.8 Å². The number of aliphatic hydroxyl groups is 2. The highest BCUT2D eigenvalue weighted by atomic mass is 16.3. The first-order valence-corrected chi connectivity index (χ1v) is 14.6. The van der Waals surface area contributed by atoms with Crippen LogP contribution in [0, 0.1) is 5.92 Å². The molecule has 2 fully saturated rings. The van der Waals surface area contributed by atoms with E-state index in [2.05, 4.69) is 10.6 Å². The van der Waals surface area contributed by atoms with Crippen LogP contribution in [-0.4, -0.2) is 83.5 Å². The molecule has 3 aromatic carbocycles. The van der Waals surface area contributed by atoms with Crippen molar-refractivity contribution < 1.29 is 29.4 Å². The lowest BCUT2D eigenvalue weighted by Crippen LogP contribution is -2.65. The van der Waals surface area contributed by atoms with Gasteiger partial charge in [0, 0.05) is 48.9 Å². The average molecular weight is 583 g/mol. The number of benzene rings is 3. The molecule has 2 saturated heterocycles. The molecule has 2 aliphatic heterocycles. The normalized spacial score (nSPS) is 21.0. The summed E-state index contributed by atoms with van der Waals surface area (Å²) in [7, 11) is 0. The maximum Gasteiger partial charge on any atom is 0.264 e. The number of aliphatic hydroxyl groups excluding tert-OH is 1. The first-order chi connectivity index (χ1) is 20.8. The van der Waals surface area contributed by atoms with Crippen molar-refractivity contribution in [3.63, 3.8) is 0 Å². The summed E-state index contributed by atoms with van der Waals surface area (Å²) in [5.41, 5.74) is 1.26. The van der Waals surface area contributed by atoms with Gasteiger partial charge in [-0.25, -0.2) is 0 Å². The Morgan fingerprint density at radius 1 is 0.930 bits per heavy atom. The van der Waals surface area contributed by atoms with Gasteiger partial charge in [-0.3, -0.25) is 19.2 Å². The van der Waals surface area contributed by atoms with E-state index in [1.807, 2.05) is 59.5 Å². The number of rotatable bonds is 8. The Bertz CT molecular complexity index is 1510. The van der Waals surface area contributed by atoms with Crippen LogP contribution in [0.3, 0.4) is 0 Å². The number of nitrogens with zero attached hydrogens (tertiary/aromatic N) is 2. The second-order valence-corrected chi connectivity index (χ2v) is 11.3. The van der Waals surface area contributed by atoms with Gasteiger partial charge in [0.05, 0.1) is 6.04 Å². The highest BCUT2D eigenvalue weighted by Gasteiger charge is 2.52. The first-order valence-electron chi connectivity index (χ1n) is 14.6. The van der Waals surface area contributed by atoms with Crippen molar-refractivity contribution in [1.82, 2.24) is 15.5 Å². The first kappa shape index (κ1) is 28.6. The molecule has 0 bridgehead atoms. The van der Waals surface area contributed by atoms with Crippen molar-refractivity contribution >= 4 is 29.2 Å². The lowest BCUT2D eigenvalue weighted by atomic mass is 9.88. The van der Waals surface area contributed by atoms with Crippen LogP contribution in [-0.2, 0) is 24.8 Å². The van der Waals surface area contributed by atoms with Crippen LogP contribution >= 0.6 is 0 Å². The van der Waals surface area contributed by atoms with E-state index in [0.29, 0.717) is 30.6 Å². The highest BCUT2D eigenvalue weighted by molar-refractivity contribution is 6.01. The molecule has 0 radical (unpaired) electrons. The molecule has 0 aromatic heterocycles. The summed E-state index contributed by atoms with van der Waals surface area (Å²) in [6.45, 7) is 0.360. The van der Waals surface area contributed by atoms with Gasteiger partial charge in [0.2, 0.25) is 11.8 Å². The van der Waals surface area contributed by atoms with Gasteiger partial charge >= 0.3 is 0 Å². The molecule has 3 aromatic rings. The second-order valence-electron chi connectivity index (χ2n) is 11.3. The smallest absolute Gasteiger partial charge is 0.264 e. The van der Waals surface area contributed by atoms with Crippen molar-refractivity contribution in [2.24, 2.45) is 5.92 Å². The Kier molecular flexibility index (Phi) is 7.72. The van der Waals surface area contributed by atoms with Gasteiger partial charge in [-0.15, -0.1) is 0 Å². The van der Waals surface area contributed by atoms with Crippen LogP contribution in [0.2, 0.25) is 0 Å². The van der Waals surface area contributed by atoms with E-state index in [4.69, 9.17) is 0 Å². The molecule has 3 amide bonds. The monoisotopic (exact) mass is 582 g/mol. The number of carbonyl (C=O) groups is 4. The van der Waals surface area contributed by atoms with Crippen LogP contribution in [0.4, 0.5) is 5.69 Å². The zero-order valence-corrected chi connectivity index (χ0v) is 23.6. The molecule has 2 heterocycles. The number of piperazine rings is 1. The fourth-order valence-corrected chi connectivity index (χ4v) is 6.58. The van der Waals surface area contributed by atoms with Gasteiger partial charge in [0.25, 0.3) is 5.91 Å². The van der Waals surface area contributed by atoms with Crippen LogP contribution < -0.4 is 15.5 Å². The molecule has 10 nitrogen and oxygen atoms in total. The molecular weight excluding hydrogens is 548 g/mol. The highest BCUT2D eigenvalue weighted by Crippen LogP contribution is 2.48. The summed E-state index contributed by atoms with van der Waals surface area (Å²) in [5.74, 6) is -2.51. The van der Waals surface area contributed by atoms with Crippen LogP contribution in [0.15, 0.2) is 78.9 Å². The topological polar surface area (TPSA) is 139 Å². The molecular formula is C33H34N4O6. The molecule has 0 spiro atoms. The third-order valence-corrected chi connectivity index (χ3v) is 8.84. The minimum Gasteiger partial charge on any atom is -0.389 e. The maximum absolute atomic E-state index is 14.5. The van der Waals surface area contributed by atoms with Gasteiger partial charge in [-0.05, 0) is 36.1 Å². The van der Waals surface area contributed by atoms with E-state index >= 15 is 0 Å². The molecule has 0 unspecified atom stereocenters. The van der Waals surface area contributed by atoms with Gasteiger partial charge in [0.15, 0.2) is 11.4 Å². The van der Waals surface area contributed by atoms with Gasteiger partial charge in [-0.1, -0.05) is 66.7 Å². The van der Waals surface area contributed by atoms with Crippen LogP contribution in [0.1, 0.15) is 24.0 Å². The third-order valence-electron chi connectivity index (χ3n) is 8.84. The quantitative estimate of drug-likeness (QED) is 0.313. The lowest BCUT2D eigenvalue weighted by Gasteiger charge is -2.44. The minimum atomic E-state index is -2.01. The molecule has 4 N–H and O–H groups in total. The van der Waals surface area contributed by atoms with Gasteiger partial charge < -0.3 is 30.6 Å². The molecule has 3 atom stereocenters. The third kappa shape index (κ3) is 5.06. The van der Waals surface area contributed by atoms with Crippen molar-refractivity contribution in [3.05, 3.63) is 90.0 Å². The van der Waals surface area contributed by atoms with E-state index in [1.54, 1.807) is 24.3 Å². The molecule has 10 heteroatoms. The number of amides is 3. The zero-order chi connectivity index (χ0) is 30.1. The minimum absolute atomic E-state index is 0.0464. The fourth-order valence-electron chi connectivity index (χ4n) is 6.58. The summed E-state index contributed by atoms with van der Waals surface area (Å²) in [6.07, 6.45) is 0.566. The van der Waals surface area contributed by atoms with E-state index in [9.17, 15) is 29.4 Å². The molecule has 222 valence electrons. The number of nitrogens with one attached hydrogen (secondary N) is 2. The van der Waals surface area contributed by atoms with E-state index in [-0.39, 0.29) is 25.4 Å². The lowest BCUT2D eigenvalue weighted by molar-refractivity contribution is -0.154. The summed E-state index contributed by atoms with van der Waals surface area (Å²) < 4.78 is 0. The number of hydrogen-bond donors (Lipinski definition) is 4. The average Bonchev–Trinajstić information content (AvgIpc) is 3.58. The standard InChI is InChI=1S/C33H34N4O6/c38-20-29(39)27(18-21-14-15-34-30(21)40)35-31(41)28-19-36(22-8-2-1-3-9-22)16-17-37(28)32(42)33(43)25-12-6-4-10-23(25)24-11-5-7-13-26(24)33/h1-13,21,27-28,38,43H,14-20H2,(H,34,40)(H,35,41)/t21-,27-,28-/m0/s1. The summed E-state index contributed by atoms with van der Waals surface area (Å²) >= 11 is 0. The Balaban J connectivity index is 1.34. The number of fused-ring (bicyclic) bond motifs is 3. The molecule has 3 aliphatic rings. The van der Waals surface area contributed by atoms with Crippen molar-refractivity contribution in [3.8, 4) is 11.1 Å². The van der Waals surface area contributed by atoms with E-state index in [1.165, 1.54) is 4.90 Å². The Morgan fingerprint density at radius 2 is 1.56 bits per heavy atom. The number of ketones is 1.